The Kier molecular flexibility index (Phi) is 4.64. The van der Waals surface area contributed by atoms with Gasteiger partial charge in [0.15, 0.2) is 5.76 Å². The molecule has 4 heteroatoms. The van der Waals surface area contributed by atoms with E-state index in [1.807, 2.05) is 6.92 Å². The molecule has 19 heavy (non-hydrogen) atoms. The van der Waals surface area contributed by atoms with E-state index < -0.39 is 0 Å². The smallest absolute Gasteiger partial charge is 0.287 e. The minimum atomic E-state index is -0.141. The summed E-state index contributed by atoms with van der Waals surface area (Å²) in [6.07, 6.45) is 3.07. The van der Waals surface area contributed by atoms with Gasteiger partial charge in [0.05, 0.1) is 12.1 Å². The molecule has 1 aromatic rings. The van der Waals surface area contributed by atoms with Gasteiger partial charge in [-0.3, -0.25) is 4.79 Å². The van der Waals surface area contributed by atoms with Crippen molar-refractivity contribution in [3.63, 3.8) is 0 Å². The number of carbonyl (C=O) groups excluding carboxylic acids is 1. The number of ether oxygens (including phenoxy) is 1. The van der Waals surface area contributed by atoms with Gasteiger partial charge in [0.25, 0.3) is 5.91 Å². The van der Waals surface area contributed by atoms with Crippen molar-refractivity contribution in [2.45, 2.75) is 52.2 Å². The number of aryl methyl sites for hydroxylation is 1. The van der Waals surface area contributed by atoms with E-state index in [0.717, 1.165) is 31.6 Å². The molecule has 4 nitrogen and oxygen atoms in total. The highest BCUT2D eigenvalue weighted by Crippen LogP contribution is 2.21. The summed E-state index contributed by atoms with van der Waals surface area (Å²) in [6.45, 7) is 6.98. The molecular formula is C15H23NO3. The number of amides is 1. The van der Waals surface area contributed by atoms with E-state index in [1.54, 1.807) is 12.1 Å². The first-order chi connectivity index (χ1) is 9.06. The average molecular weight is 265 g/mol. The van der Waals surface area contributed by atoms with Crippen LogP contribution in [0.25, 0.3) is 0 Å². The number of rotatable bonds is 4. The Bertz CT molecular complexity index is 425. The molecule has 2 unspecified atom stereocenters. The summed E-state index contributed by atoms with van der Waals surface area (Å²) >= 11 is 0. The Balaban J connectivity index is 1.97. The lowest BCUT2D eigenvalue weighted by Gasteiger charge is -2.33. The molecule has 1 N–H and O–H groups in total. The summed E-state index contributed by atoms with van der Waals surface area (Å²) in [5.41, 5.74) is 0. The lowest BCUT2D eigenvalue weighted by atomic mass is 9.94. The highest BCUT2D eigenvalue weighted by Gasteiger charge is 2.28. The van der Waals surface area contributed by atoms with Crippen LogP contribution in [0.2, 0.25) is 0 Å². The van der Waals surface area contributed by atoms with Crippen molar-refractivity contribution in [2.75, 3.05) is 6.61 Å². The zero-order valence-electron chi connectivity index (χ0n) is 11.9. The van der Waals surface area contributed by atoms with Crippen LogP contribution in [0.1, 0.15) is 49.4 Å². The van der Waals surface area contributed by atoms with Gasteiger partial charge < -0.3 is 14.5 Å². The Morgan fingerprint density at radius 2 is 2.26 bits per heavy atom. The molecule has 0 aromatic carbocycles. The first-order valence-corrected chi connectivity index (χ1v) is 7.05. The Hall–Kier alpha value is -1.29. The van der Waals surface area contributed by atoms with E-state index in [0.29, 0.717) is 11.7 Å². The van der Waals surface area contributed by atoms with E-state index in [2.05, 4.69) is 19.2 Å². The fourth-order valence-electron chi connectivity index (χ4n) is 2.50. The third kappa shape index (κ3) is 3.83. The SMILES string of the molecule is Cc1ccc(C(=O)NC2CCCOC2CC(C)C)o1. The molecule has 0 bridgehead atoms. The number of furan rings is 1. The quantitative estimate of drug-likeness (QED) is 0.910. The van der Waals surface area contributed by atoms with Crippen LogP contribution >= 0.6 is 0 Å². The zero-order chi connectivity index (χ0) is 13.8. The monoisotopic (exact) mass is 265 g/mol. The maximum Gasteiger partial charge on any atom is 0.287 e. The predicted molar refractivity (Wildman–Crippen MR) is 73.1 cm³/mol. The molecule has 1 fully saturated rings. The third-order valence-electron chi connectivity index (χ3n) is 3.42. The second kappa shape index (κ2) is 6.24. The predicted octanol–water partition coefficient (Wildman–Crippen LogP) is 2.91. The Morgan fingerprint density at radius 3 is 2.89 bits per heavy atom. The standard InChI is InChI=1S/C15H23NO3/c1-10(2)9-14-12(5-4-8-18-14)16-15(17)13-7-6-11(3)19-13/h6-7,10,12,14H,4-5,8-9H2,1-3H3,(H,16,17). The maximum atomic E-state index is 12.1. The Morgan fingerprint density at radius 1 is 1.47 bits per heavy atom. The molecule has 0 radical (unpaired) electrons. The van der Waals surface area contributed by atoms with Gasteiger partial charge in [-0.1, -0.05) is 13.8 Å². The number of nitrogens with one attached hydrogen (secondary N) is 1. The van der Waals surface area contributed by atoms with Gasteiger partial charge in [-0.15, -0.1) is 0 Å². The molecule has 0 spiro atoms. The summed E-state index contributed by atoms with van der Waals surface area (Å²) in [4.78, 5) is 12.1. The first kappa shape index (κ1) is 14.1. The van der Waals surface area contributed by atoms with E-state index in [1.165, 1.54) is 0 Å². The second-order valence-electron chi connectivity index (χ2n) is 5.67. The zero-order valence-corrected chi connectivity index (χ0v) is 11.9. The normalized spacial score (nSPS) is 23.6. The summed E-state index contributed by atoms with van der Waals surface area (Å²) in [6, 6.07) is 3.61. The molecule has 1 aromatic heterocycles. The van der Waals surface area contributed by atoms with Gasteiger partial charge in [-0.05, 0) is 44.2 Å². The van der Waals surface area contributed by atoms with Crippen molar-refractivity contribution in [2.24, 2.45) is 5.92 Å². The van der Waals surface area contributed by atoms with Crippen molar-refractivity contribution in [3.8, 4) is 0 Å². The van der Waals surface area contributed by atoms with Crippen molar-refractivity contribution < 1.29 is 13.9 Å². The summed E-state index contributed by atoms with van der Waals surface area (Å²) in [5, 5.41) is 3.05. The molecular weight excluding hydrogens is 242 g/mol. The second-order valence-corrected chi connectivity index (χ2v) is 5.67. The van der Waals surface area contributed by atoms with Gasteiger partial charge in [-0.25, -0.2) is 0 Å². The van der Waals surface area contributed by atoms with E-state index in [9.17, 15) is 4.79 Å². The van der Waals surface area contributed by atoms with Crippen molar-refractivity contribution >= 4 is 5.91 Å². The van der Waals surface area contributed by atoms with Crippen LogP contribution in [-0.2, 0) is 4.74 Å². The number of hydrogen-bond acceptors (Lipinski definition) is 3. The van der Waals surface area contributed by atoms with Gasteiger partial charge in [0, 0.05) is 6.61 Å². The van der Waals surface area contributed by atoms with Crippen LogP contribution in [0.5, 0.6) is 0 Å². The molecule has 106 valence electrons. The molecule has 1 saturated heterocycles. The topological polar surface area (TPSA) is 51.5 Å². The van der Waals surface area contributed by atoms with Crippen LogP contribution < -0.4 is 5.32 Å². The summed E-state index contributed by atoms with van der Waals surface area (Å²) in [5.74, 6) is 1.56. The van der Waals surface area contributed by atoms with Crippen molar-refractivity contribution in [3.05, 3.63) is 23.7 Å². The molecule has 0 saturated carbocycles. The fourth-order valence-corrected chi connectivity index (χ4v) is 2.50. The molecule has 0 aliphatic carbocycles. The van der Waals surface area contributed by atoms with Crippen molar-refractivity contribution in [1.82, 2.24) is 5.32 Å². The molecule has 2 heterocycles. The van der Waals surface area contributed by atoms with E-state index in [-0.39, 0.29) is 18.1 Å². The number of hydrogen-bond donors (Lipinski definition) is 1. The summed E-state index contributed by atoms with van der Waals surface area (Å²) in [7, 11) is 0. The van der Waals surface area contributed by atoms with Gasteiger partial charge in [0.2, 0.25) is 0 Å². The largest absolute Gasteiger partial charge is 0.456 e. The van der Waals surface area contributed by atoms with Crippen LogP contribution in [-0.4, -0.2) is 24.7 Å². The lowest BCUT2D eigenvalue weighted by molar-refractivity contribution is -0.0188. The van der Waals surface area contributed by atoms with E-state index in [4.69, 9.17) is 9.15 Å². The molecule has 2 rings (SSSR count). The van der Waals surface area contributed by atoms with E-state index >= 15 is 0 Å². The van der Waals surface area contributed by atoms with Gasteiger partial charge in [-0.2, -0.15) is 0 Å². The van der Waals surface area contributed by atoms with Crippen LogP contribution in [0.15, 0.2) is 16.5 Å². The average Bonchev–Trinajstić information content (AvgIpc) is 2.78. The van der Waals surface area contributed by atoms with Gasteiger partial charge in [0.1, 0.15) is 5.76 Å². The van der Waals surface area contributed by atoms with Crippen LogP contribution in [0.4, 0.5) is 0 Å². The van der Waals surface area contributed by atoms with Crippen LogP contribution in [0, 0.1) is 12.8 Å². The van der Waals surface area contributed by atoms with Gasteiger partial charge >= 0.3 is 0 Å². The highest BCUT2D eigenvalue weighted by atomic mass is 16.5. The third-order valence-corrected chi connectivity index (χ3v) is 3.42. The summed E-state index contributed by atoms with van der Waals surface area (Å²) < 4.78 is 11.1. The molecule has 1 aliphatic rings. The maximum absolute atomic E-state index is 12.1. The first-order valence-electron chi connectivity index (χ1n) is 7.05. The minimum absolute atomic E-state index is 0.0917. The molecule has 2 atom stereocenters. The fraction of sp³-hybridized carbons (Fsp3) is 0.667. The molecule has 1 aliphatic heterocycles. The van der Waals surface area contributed by atoms with Crippen LogP contribution in [0.3, 0.4) is 0 Å². The lowest BCUT2D eigenvalue weighted by Crippen LogP contribution is -2.47. The highest BCUT2D eigenvalue weighted by molar-refractivity contribution is 5.91. The van der Waals surface area contributed by atoms with Crippen molar-refractivity contribution in [1.29, 1.82) is 0 Å². The molecule has 1 amide bonds. The Labute approximate surface area is 114 Å². The number of carbonyl (C=O) groups is 1. The minimum Gasteiger partial charge on any atom is -0.456 e.